The Labute approximate surface area is 180 Å². The van der Waals surface area contributed by atoms with Gasteiger partial charge in [0.25, 0.3) is 5.91 Å². The molecule has 0 radical (unpaired) electrons. The van der Waals surface area contributed by atoms with Crippen molar-refractivity contribution in [3.8, 4) is 0 Å². The number of halogens is 1. The third kappa shape index (κ3) is 3.90. The molecule has 2 aromatic rings. The minimum atomic E-state index is -0.441. The summed E-state index contributed by atoms with van der Waals surface area (Å²) < 4.78 is 17.2. The summed E-state index contributed by atoms with van der Waals surface area (Å²) in [5.41, 5.74) is 1.81. The van der Waals surface area contributed by atoms with Gasteiger partial charge in [-0.2, -0.15) is 5.10 Å². The van der Waals surface area contributed by atoms with Gasteiger partial charge >= 0.3 is 0 Å². The van der Waals surface area contributed by atoms with Crippen molar-refractivity contribution in [3.63, 3.8) is 0 Å². The molecular formula is C22H24ClN3O4. The molecule has 3 aliphatic rings. The highest BCUT2D eigenvalue weighted by molar-refractivity contribution is 6.30. The summed E-state index contributed by atoms with van der Waals surface area (Å²) in [6, 6.07) is 11.0. The summed E-state index contributed by atoms with van der Waals surface area (Å²) in [6.45, 7) is 3.14. The van der Waals surface area contributed by atoms with E-state index in [4.69, 9.17) is 25.5 Å². The Kier molecular flexibility index (Phi) is 5.37. The molecule has 4 heterocycles. The second-order valence-electron chi connectivity index (χ2n) is 7.91. The van der Waals surface area contributed by atoms with E-state index in [1.54, 1.807) is 11.3 Å². The van der Waals surface area contributed by atoms with Gasteiger partial charge in [-0.15, -0.1) is 0 Å². The van der Waals surface area contributed by atoms with E-state index >= 15 is 0 Å². The SMILES string of the molecule is O=C(CN1CCC2(CC1)OCCO2)N1N=C(c2ccc(Cl)cc2)CC1c1ccco1. The van der Waals surface area contributed by atoms with E-state index in [1.807, 2.05) is 36.4 Å². The van der Waals surface area contributed by atoms with Crippen molar-refractivity contribution in [1.82, 2.24) is 9.91 Å². The minimum absolute atomic E-state index is 0.0374. The summed E-state index contributed by atoms with van der Waals surface area (Å²) in [5, 5.41) is 6.93. The number of hydrazone groups is 1. The van der Waals surface area contributed by atoms with E-state index < -0.39 is 5.79 Å². The van der Waals surface area contributed by atoms with Crippen molar-refractivity contribution in [2.24, 2.45) is 5.10 Å². The fourth-order valence-electron chi connectivity index (χ4n) is 4.36. The maximum atomic E-state index is 13.2. The first-order valence-electron chi connectivity index (χ1n) is 10.3. The molecule has 1 spiro atoms. The fraction of sp³-hybridized carbons (Fsp3) is 0.455. The smallest absolute Gasteiger partial charge is 0.257 e. The van der Waals surface area contributed by atoms with Crippen molar-refractivity contribution in [3.05, 3.63) is 59.0 Å². The van der Waals surface area contributed by atoms with E-state index in [0.29, 0.717) is 31.2 Å². The Morgan fingerprint density at radius 3 is 2.53 bits per heavy atom. The number of likely N-dealkylation sites (tertiary alicyclic amines) is 1. The highest BCUT2D eigenvalue weighted by Crippen LogP contribution is 2.34. The van der Waals surface area contributed by atoms with Crippen molar-refractivity contribution in [2.75, 3.05) is 32.8 Å². The molecule has 1 atom stereocenters. The number of hydrogen-bond acceptors (Lipinski definition) is 6. The first-order chi connectivity index (χ1) is 14.6. The maximum absolute atomic E-state index is 13.2. The summed E-state index contributed by atoms with van der Waals surface area (Å²) in [6.07, 6.45) is 3.79. The Bertz CT molecular complexity index is 912. The molecule has 5 rings (SSSR count). The number of nitrogens with zero attached hydrogens (tertiary/aromatic N) is 3. The molecule has 2 saturated heterocycles. The lowest BCUT2D eigenvalue weighted by Crippen LogP contribution is -2.48. The summed E-state index contributed by atoms with van der Waals surface area (Å²) in [5.74, 6) is 0.259. The zero-order chi connectivity index (χ0) is 20.6. The third-order valence-corrected chi connectivity index (χ3v) is 6.26. The molecule has 30 heavy (non-hydrogen) atoms. The standard InChI is InChI=1S/C22H24ClN3O4/c23-17-5-3-16(4-6-17)18-14-19(20-2-1-11-28-20)26(24-18)21(27)15-25-9-7-22(8-10-25)29-12-13-30-22/h1-6,11,19H,7-10,12-15H2. The molecular weight excluding hydrogens is 406 g/mol. The van der Waals surface area contributed by atoms with Gasteiger partial charge in [0.1, 0.15) is 11.8 Å². The van der Waals surface area contributed by atoms with Crippen LogP contribution in [0.5, 0.6) is 0 Å². The number of benzene rings is 1. The van der Waals surface area contributed by atoms with Crippen molar-refractivity contribution < 1.29 is 18.7 Å². The number of rotatable bonds is 4. The van der Waals surface area contributed by atoms with Gasteiger partial charge in [0, 0.05) is 37.4 Å². The lowest BCUT2D eigenvalue weighted by molar-refractivity contribution is -0.186. The number of carbonyl (C=O) groups is 1. The van der Waals surface area contributed by atoms with Gasteiger partial charge < -0.3 is 13.9 Å². The van der Waals surface area contributed by atoms with Gasteiger partial charge in [-0.3, -0.25) is 9.69 Å². The fourth-order valence-corrected chi connectivity index (χ4v) is 4.49. The van der Waals surface area contributed by atoms with Crippen molar-refractivity contribution in [1.29, 1.82) is 0 Å². The Hall–Kier alpha value is -2.19. The molecule has 1 aromatic heterocycles. The largest absolute Gasteiger partial charge is 0.467 e. The van der Waals surface area contributed by atoms with E-state index in [0.717, 1.165) is 43.0 Å². The number of ether oxygens (including phenoxy) is 2. The van der Waals surface area contributed by atoms with Gasteiger partial charge in [0.05, 0.1) is 31.7 Å². The van der Waals surface area contributed by atoms with Crippen LogP contribution in [0.25, 0.3) is 0 Å². The van der Waals surface area contributed by atoms with Gasteiger partial charge in [0.15, 0.2) is 5.79 Å². The van der Waals surface area contributed by atoms with Gasteiger partial charge in [-0.1, -0.05) is 23.7 Å². The zero-order valence-electron chi connectivity index (χ0n) is 16.6. The molecule has 158 valence electrons. The normalized spacial score (nSPS) is 23.8. The summed E-state index contributed by atoms with van der Waals surface area (Å²) in [7, 11) is 0. The van der Waals surface area contributed by atoms with Crippen LogP contribution >= 0.6 is 11.6 Å². The van der Waals surface area contributed by atoms with E-state index in [9.17, 15) is 4.79 Å². The lowest BCUT2D eigenvalue weighted by Gasteiger charge is -2.37. The number of piperidine rings is 1. The third-order valence-electron chi connectivity index (χ3n) is 6.01. The first kappa shape index (κ1) is 19.8. The van der Waals surface area contributed by atoms with Crippen molar-refractivity contribution in [2.45, 2.75) is 31.1 Å². The average molecular weight is 430 g/mol. The minimum Gasteiger partial charge on any atom is -0.467 e. The van der Waals surface area contributed by atoms with Crippen LogP contribution in [-0.2, 0) is 14.3 Å². The van der Waals surface area contributed by atoms with Crippen LogP contribution in [0.1, 0.15) is 36.6 Å². The van der Waals surface area contributed by atoms with Gasteiger partial charge in [0.2, 0.25) is 0 Å². The molecule has 0 N–H and O–H groups in total. The quantitative estimate of drug-likeness (QED) is 0.744. The van der Waals surface area contributed by atoms with Crippen LogP contribution in [0, 0.1) is 0 Å². The average Bonchev–Trinajstić information content (AvgIpc) is 3.51. The number of carbonyl (C=O) groups excluding carboxylic acids is 1. The predicted octanol–water partition coefficient (Wildman–Crippen LogP) is 3.45. The predicted molar refractivity (Wildman–Crippen MR) is 111 cm³/mol. The molecule has 3 aliphatic heterocycles. The molecule has 8 heteroatoms. The zero-order valence-corrected chi connectivity index (χ0v) is 17.4. The maximum Gasteiger partial charge on any atom is 0.257 e. The second-order valence-corrected chi connectivity index (χ2v) is 8.35. The molecule has 1 amide bonds. The van der Waals surface area contributed by atoms with Crippen LogP contribution in [0.4, 0.5) is 0 Å². The second kappa shape index (κ2) is 8.15. The van der Waals surface area contributed by atoms with Crippen LogP contribution in [0.3, 0.4) is 0 Å². The van der Waals surface area contributed by atoms with Crippen LogP contribution in [0.2, 0.25) is 5.02 Å². The number of amides is 1. The van der Waals surface area contributed by atoms with Crippen LogP contribution < -0.4 is 0 Å². The number of hydrogen-bond donors (Lipinski definition) is 0. The van der Waals surface area contributed by atoms with Crippen LogP contribution in [0.15, 0.2) is 52.2 Å². The monoisotopic (exact) mass is 429 g/mol. The molecule has 1 unspecified atom stereocenters. The van der Waals surface area contributed by atoms with Crippen LogP contribution in [-0.4, -0.2) is 60.2 Å². The summed E-state index contributed by atoms with van der Waals surface area (Å²) >= 11 is 6.02. The molecule has 1 aromatic carbocycles. The highest BCUT2D eigenvalue weighted by Gasteiger charge is 2.41. The molecule has 0 aliphatic carbocycles. The molecule has 0 saturated carbocycles. The topological polar surface area (TPSA) is 67.5 Å². The molecule has 7 nitrogen and oxygen atoms in total. The summed E-state index contributed by atoms with van der Waals surface area (Å²) in [4.78, 5) is 15.4. The van der Waals surface area contributed by atoms with Gasteiger partial charge in [-0.05, 0) is 29.8 Å². The molecule has 0 bridgehead atoms. The highest BCUT2D eigenvalue weighted by atomic mass is 35.5. The Morgan fingerprint density at radius 1 is 1.13 bits per heavy atom. The number of furan rings is 1. The van der Waals surface area contributed by atoms with E-state index in [1.165, 1.54) is 0 Å². The van der Waals surface area contributed by atoms with Gasteiger partial charge in [-0.25, -0.2) is 5.01 Å². The Morgan fingerprint density at radius 2 is 1.87 bits per heavy atom. The Balaban J connectivity index is 1.30. The first-order valence-corrected chi connectivity index (χ1v) is 10.7. The lowest BCUT2D eigenvalue weighted by atomic mass is 10.0. The van der Waals surface area contributed by atoms with E-state index in [-0.39, 0.29) is 11.9 Å². The van der Waals surface area contributed by atoms with Crippen molar-refractivity contribution >= 4 is 23.2 Å². The molecule has 2 fully saturated rings. The van der Waals surface area contributed by atoms with E-state index in [2.05, 4.69) is 10.0 Å².